The molecule has 2 aromatic rings. The molecule has 0 amide bonds. The van der Waals surface area contributed by atoms with Crippen LogP contribution in [0, 0.1) is 12.8 Å². The van der Waals surface area contributed by atoms with E-state index >= 15 is 0 Å². The zero-order valence-electron chi connectivity index (χ0n) is 13.5. The number of halogens is 3. The number of nitrogens with one attached hydrogen (secondary N) is 2. The van der Waals surface area contributed by atoms with Crippen molar-refractivity contribution >= 4 is 0 Å². The summed E-state index contributed by atoms with van der Waals surface area (Å²) < 4.78 is 42.8. The molecule has 0 aromatic carbocycles. The summed E-state index contributed by atoms with van der Waals surface area (Å²) in [6.07, 6.45) is -1.58. The molecule has 132 valence electrons. The Morgan fingerprint density at radius 3 is 2.96 bits per heavy atom. The standard InChI is InChI=1S/C16H21F3N4O/c1-11-2-3-14(24-11)15-13(8-21-22-15)7-20-6-12-4-5-23(9-12)10-16(17,18)19/h2-3,8,12,20H,4-7,9-10H2,1H3,(H,21,22). The van der Waals surface area contributed by atoms with E-state index in [0.29, 0.717) is 26.2 Å². The molecule has 1 saturated heterocycles. The Balaban J connectivity index is 1.47. The summed E-state index contributed by atoms with van der Waals surface area (Å²) in [7, 11) is 0. The molecule has 3 heterocycles. The van der Waals surface area contributed by atoms with Crippen molar-refractivity contribution < 1.29 is 17.6 Å². The van der Waals surface area contributed by atoms with Crippen molar-refractivity contribution in [2.45, 2.75) is 26.1 Å². The first-order chi connectivity index (χ1) is 11.4. The molecule has 0 radical (unpaired) electrons. The Hall–Kier alpha value is -1.80. The van der Waals surface area contributed by atoms with E-state index in [1.54, 1.807) is 6.20 Å². The number of rotatable bonds is 6. The average molecular weight is 342 g/mol. The van der Waals surface area contributed by atoms with Crippen LogP contribution in [0.5, 0.6) is 0 Å². The number of aromatic nitrogens is 2. The van der Waals surface area contributed by atoms with Gasteiger partial charge in [0.15, 0.2) is 5.76 Å². The molecule has 5 nitrogen and oxygen atoms in total. The quantitative estimate of drug-likeness (QED) is 0.847. The number of alkyl halides is 3. The minimum absolute atomic E-state index is 0.244. The van der Waals surface area contributed by atoms with Crippen molar-refractivity contribution in [2.24, 2.45) is 5.92 Å². The van der Waals surface area contributed by atoms with E-state index in [1.165, 1.54) is 4.90 Å². The molecule has 2 N–H and O–H groups in total. The molecule has 1 unspecified atom stereocenters. The van der Waals surface area contributed by atoms with Gasteiger partial charge in [-0.05, 0) is 44.5 Å². The zero-order chi connectivity index (χ0) is 17.2. The fourth-order valence-electron chi connectivity index (χ4n) is 3.11. The van der Waals surface area contributed by atoms with Gasteiger partial charge in [0.25, 0.3) is 0 Å². The van der Waals surface area contributed by atoms with Crippen molar-refractivity contribution in [3.05, 3.63) is 29.7 Å². The lowest BCUT2D eigenvalue weighted by Crippen LogP contribution is -2.33. The van der Waals surface area contributed by atoms with Gasteiger partial charge in [-0.1, -0.05) is 0 Å². The molecule has 1 fully saturated rings. The summed E-state index contributed by atoms with van der Waals surface area (Å²) in [5, 5.41) is 10.3. The van der Waals surface area contributed by atoms with Crippen molar-refractivity contribution in [3.63, 3.8) is 0 Å². The van der Waals surface area contributed by atoms with Gasteiger partial charge < -0.3 is 9.73 Å². The van der Waals surface area contributed by atoms with Gasteiger partial charge in [0.1, 0.15) is 11.5 Å². The molecule has 8 heteroatoms. The van der Waals surface area contributed by atoms with Gasteiger partial charge >= 0.3 is 6.18 Å². The molecule has 3 rings (SSSR count). The number of furan rings is 1. The normalized spacial score (nSPS) is 19.2. The third-order valence-electron chi connectivity index (χ3n) is 4.23. The average Bonchev–Trinajstić information content (AvgIpc) is 3.19. The second kappa shape index (κ2) is 6.98. The first kappa shape index (κ1) is 17.0. The lowest BCUT2D eigenvalue weighted by atomic mass is 10.1. The van der Waals surface area contributed by atoms with Crippen molar-refractivity contribution in [1.29, 1.82) is 0 Å². The number of nitrogens with zero attached hydrogens (tertiary/aromatic N) is 2. The Labute approximate surface area is 138 Å². The summed E-state index contributed by atoms with van der Waals surface area (Å²) in [5.74, 6) is 1.81. The van der Waals surface area contributed by atoms with Crippen molar-refractivity contribution in [2.75, 3.05) is 26.2 Å². The maximum Gasteiger partial charge on any atom is 0.401 e. The number of hydrogen-bond donors (Lipinski definition) is 2. The fourth-order valence-corrected chi connectivity index (χ4v) is 3.11. The molecule has 1 atom stereocenters. The highest BCUT2D eigenvalue weighted by molar-refractivity contribution is 5.56. The molecule has 0 aliphatic carbocycles. The number of hydrogen-bond acceptors (Lipinski definition) is 4. The highest BCUT2D eigenvalue weighted by Crippen LogP contribution is 2.24. The van der Waals surface area contributed by atoms with E-state index in [9.17, 15) is 13.2 Å². The first-order valence-electron chi connectivity index (χ1n) is 7.99. The van der Waals surface area contributed by atoms with Crippen LogP contribution in [-0.4, -0.2) is 47.5 Å². The lowest BCUT2D eigenvalue weighted by molar-refractivity contribution is -0.143. The topological polar surface area (TPSA) is 57.1 Å². The van der Waals surface area contributed by atoms with Crippen LogP contribution in [0.3, 0.4) is 0 Å². The molecule has 0 saturated carbocycles. The highest BCUT2D eigenvalue weighted by Gasteiger charge is 2.34. The van der Waals surface area contributed by atoms with E-state index in [0.717, 1.165) is 29.2 Å². The summed E-state index contributed by atoms with van der Waals surface area (Å²) in [4.78, 5) is 1.47. The van der Waals surface area contributed by atoms with Gasteiger partial charge in [0.05, 0.1) is 12.7 Å². The number of H-pyrrole nitrogens is 1. The molecule has 2 aromatic heterocycles. The third-order valence-corrected chi connectivity index (χ3v) is 4.23. The van der Waals surface area contributed by atoms with E-state index in [-0.39, 0.29) is 5.92 Å². The predicted octanol–water partition coefficient (Wildman–Crippen LogP) is 2.95. The molecule has 1 aliphatic rings. The lowest BCUT2D eigenvalue weighted by Gasteiger charge is -2.18. The Bertz CT molecular complexity index is 664. The van der Waals surface area contributed by atoms with Crippen LogP contribution in [0.15, 0.2) is 22.7 Å². The van der Waals surface area contributed by atoms with Crippen molar-refractivity contribution in [3.8, 4) is 11.5 Å². The Morgan fingerprint density at radius 2 is 2.25 bits per heavy atom. The SMILES string of the molecule is Cc1ccc(-c2[nH]ncc2CNCC2CCN(CC(F)(F)F)C2)o1. The summed E-state index contributed by atoms with van der Waals surface area (Å²) in [6, 6.07) is 3.78. The summed E-state index contributed by atoms with van der Waals surface area (Å²) >= 11 is 0. The van der Waals surface area contributed by atoms with E-state index in [2.05, 4.69) is 15.5 Å². The Morgan fingerprint density at radius 1 is 1.42 bits per heavy atom. The highest BCUT2D eigenvalue weighted by atomic mass is 19.4. The van der Waals surface area contributed by atoms with E-state index < -0.39 is 12.7 Å². The largest absolute Gasteiger partial charge is 0.460 e. The van der Waals surface area contributed by atoms with Gasteiger partial charge in [-0.3, -0.25) is 10.00 Å². The van der Waals surface area contributed by atoms with Crippen LogP contribution < -0.4 is 5.32 Å². The van der Waals surface area contributed by atoms with Gasteiger partial charge in [-0.25, -0.2) is 0 Å². The third kappa shape index (κ3) is 4.39. The van der Waals surface area contributed by atoms with Gasteiger partial charge in [0, 0.05) is 18.7 Å². The van der Waals surface area contributed by atoms with Gasteiger partial charge in [-0.2, -0.15) is 18.3 Å². The molecular formula is C16H21F3N4O. The monoisotopic (exact) mass is 342 g/mol. The predicted molar refractivity (Wildman–Crippen MR) is 83.3 cm³/mol. The molecule has 24 heavy (non-hydrogen) atoms. The Kier molecular flexibility index (Phi) is 4.96. The van der Waals surface area contributed by atoms with Crippen molar-refractivity contribution in [1.82, 2.24) is 20.4 Å². The number of likely N-dealkylation sites (tertiary alicyclic amines) is 1. The molecule has 0 bridgehead atoms. The van der Waals surface area contributed by atoms with Crippen LogP contribution in [0.1, 0.15) is 17.7 Å². The van der Waals surface area contributed by atoms with E-state index in [1.807, 2.05) is 19.1 Å². The molecular weight excluding hydrogens is 321 g/mol. The van der Waals surface area contributed by atoms with Gasteiger partial charge in [0.2, 0.25) is 0 Å². The van der Waals surface area contributed by atoms with Crippen LogP contribution in [0.25, 0.3) is 11.5 Å². The second-order valence-electron chi connectivity index (χ2n) is 6.32. The maximum atomic E-state index is 12.4. The molecule has 0 spiro atoms. The fraction of sp³-hybridized carbons (Fsp3) is 0.562. The molecule has 1 aliphatic heterocycles. The maximum absolute atomic E-state index is 12.4. The summed E-state index contributed by atoms with van der Waals surface area (Å²) in [6.45, 7) is 3.35. The van der Waals surface area contributed by atoms with Crippen LogP contribution in [0.2, 0.25) is 0 Å². The zero-order valence-corrected chi connectivity index (χ0v) is 13.5. The minimum Gasteiger partial charge on any atom is -0.460 e. The minimum atomic E-state index is -4.12. The van der Waals surface area contributed by atoms with Gasteiger partial charge in [-0.15, -0.1) is 0 Å². The first-order valence-corrected chi connectivity index (χ1v) is 7.99. The van der Waals surface area contributed by atoms with Crippen LogP contribution in [0.4, 0.5) is 13.2 Å². The number of aryl methyl sites for hydroxylation is 1. The summed E-state index contributed by atoms with van der Waals surface area (Å²) in [5.41, 5.74) is 1.82. The van der Waals surface area contributed by atoms with E-state index in [4.69, 9.17) is 4.42 Å². The smallest absolute Gasteiger partial charge is 0.401 e. The van der Waals surface area contributed by atoms with Crippen LogP contribution >= 0.6 is 0 Å². The second-order valence-corrected chi connectivity index (χ2v) is 6.32. The van der Waals surface area contributed by atoms with Crippen LogP contribution in [-0.2, 0) is 6.54 Å². The number of aromatic amines is 1.